The van der Waals surface area contributed by atoms with Crippen molar-refractivity contribution < 1.29 is 9.59 Å². The van der Waals surface area contributed by atoms with Crippen molar-refractivity contribution in [3.63, 3.8) is 0 Å². The lowest BCUT2D eigenvalue weighted by molar-refractivity contribution is 0.0814. The molecule has 2 N–H and O–H groups in total. The topological polar surface area (TPSA) is 91.5 Å². The first kappa shape index (κ1) is 20.5. The van der Waals surface area contributed by atoms with Crippen LogP contribution in [-0.4, -0.2) is 31.5 Å². The number of rotatable bonds is 2. The van der Waals surface area contributed by atoms with E-state index in [2.05, 4.69) is 35.9 Å². The normalized spacial score (nSPS) is 12.8. The standard InChI is InChI=1S/C30H20N4O2/c1-15-13-31-25-17(15)5-3-7-19(25)23-11-9-21-27(33-23)28-22(30(36)29(21)35)10-12-24(34-28)20-8-4-6-18-16(2)14-32-26(18)20/h3-14,31-32H,1-2H3. The summed E-state index contributed by atoms with van der Waals surface area (Å²) in [5, 5.41) is 2.24. The molecular weight excluding hydrogens is 448 g/mol. The summed E-state index contributed by atoms with van der Waals surface area (Å²) >= 11 is 0. The summed E-state index contributed by atoms with van der Waals surface area (Å²) in [6, 6.07) is 19.1. The van der Waals surface area contributed by atoms with Crippen LogP contribution in [0.1, 0.15) is 31.8 Å². The Labute approximate surface area is 206 Å². The number of aromatic amines is 2. The van der Waals surface area contributed by atoms with Gasteiger partial charge in [-0.05, 0) is 49.2 Å². The maximum absolute atomic E-state index is 12.9. The Morgan fingerprint density at radius 2 is 1.00 bits per heavy atom. The summed E-state index contributed by atoms with van der Waals surface area (Å²) in [5.74, 6) is -1.11. The van der Waals surface area contributed by atoms with E-state index in [4.69, 9.17) is 9.97 Å². The Morgan fingerprint density at radius 1 is 0.556 bits per heavy atom. The van der Waals surface area contributed by atoms with Crippen molar-refractivity contribution in [2.45, 2.75) is 13.8 Å². The SMILES string of the molecule is Cc1c[nH]c2c(-c3ccc4c(n3)-c3nc(-c5cccc6c(C)c[nH]c56)ccc3C(=O)C4=O)cccc12. The fourth-order valence-electron chi connectivity index (χ4n) is 5.21. The molecule has 2 aromatic carbocycles. The van der Waals surface area contributed by atoms with E-state index in [0.717, 1.165) is 44.1 Å². The maximum Gasteiger partial charge on any atom is 0.235 e. The number of H-pyrrole nitrogens is 2. The lowest BCUT2D eigenvalue weighted by Gasteiger charge is -2.18. The van der Waals surface area contributed by atoms with Crippen molar-refractivity contribution in [3.05, 3.63) is 95.3 Å². The lowest BCUT2D eigenvalue weighted by Crippen LogP contribution is -2.23. The zero-order valence-electron chi connectivity index (χ0n) is 19.6. The van der Waals surface area contributed by atoms with Gasteiger partial charge in [-0.1, -0.05) is 36.4 Å². The minimum absolute atomic E-state index is 0.282. The molecule has 4 heterocycles. The molecule has 0 saturated heterocycles. The van der Waals surface area contributed by atoms with E-state index in [9.17, 15) is 9.59 Å². The van der Waals surface area contributed by atoms with Gasteiger partial charge in [0.05, 0.1) is 33.5 Å². The largest absolute Gasteiger partial charge is 0.360 e. The third-order valence-electron chi connectivity index (χ3n) is 7.11. The number of nitrogens with zero attached hydrogens (tertiary/aromatic N) is 2. The predicted molar refractivity (Wildman–Crippen MR) is 140 cm³/mol. The molecule has 6 aromatic rings. The number of carbonyl (C=O) groups excluding carboxylic acids is 2. The molecule has 36 heavy (non-hydrogen) atoms. The van der Waals surface area contributed by atoms with Crippen LogP contribution in [0, 0.1) is 13.8 Å². The highest BCUT2D eigenvalue weighted by Gasteiger charge is 2.33. The molecule has 4 aromatic heterocycles. The molecule has 0 spiro atoms. The number of aromatic nitrogens is 4. The molecule has 6 nitrogen and oxygen atoms in total. The lowest BCUT2D eigenvalue weighted by atomic mass is 9.89. The average Bonchev–Trinajstić information content (AvgIpc) is 3.49. The fraction of sp³-hybridized carbons (Fsp3) is 0.0667. The number of para-hydroxylation sites is 2. The first-order valence-corrected chi connectivity index (χ1v) is 11.8. The highest BCUT2D eigenvalue weighted by molar-refractivity contribution is 6.52. The van der Waals surface area contributed by atoms with Crippen LogP contribution in [0.2, 0.25) is 0 Å². The Bertz CT molecular complexity index is 1770. The molecule has 0 aliphatic heterocycles. The molecule has 0 bridgehead atoms. The van der Waals surface area contributed by atoms with Crippen LogP contribution in [0.25, 0.3) is 55.7 Å². The predicted octanol–water partition coefficient (Wildman–Crippen LogP) is 6.44. The third kappa shape index (κ3) is 2.78. The number of ketones is 2. The zero-order chi connectivity index (χ0) is 24.6. The molecule has 1 aliphatic carbocycles. The number of nitrogens with one attached hydrogen (secondary N) is 2. The number of pyridine rings is 2. The molecule has 0 amide bonds. The molecule has 6 heteroatoms. The number of benzene rings is 2. The molecule has 0 unspecified atom stereocenters. The van der Waals surface area contributed by atoms with Crippen LogP contribution in [-0.2, 0) is 0 Å². The van der Waals surface area contributed by atoms with E-state index in [0.29, 0.717) is 22.8 Å². The fourth-order valence-corrected chi connectivity index (χ4v) is 5.21. The number of Topliss-reactive ketones (excluding diaryl/α,β-unsaturated/α-hetero) is 2. The van der Waals surface area contributed by atoms with Gasteiger partial charge < -0.3 is 9.97 Å². The molecule has 1 aliphatic rings. The highest BCUT2D eigenvalue weighted by Crippen LogP contribution is 2.37. The van der Waals surface area contributed by atoms with E-state index in [1.165, 1.54) is 0 Å². The van der Waals surface area contributed by atoms with E-state index >= 15 is 0 Å². The van der Waals surface area contributed by atoms with Crippen LogP contribution in [0.5, 0.6) is 0 Å². The Balaban J connectivity index is 1.46. The van der Waals surface area contributed by atoms with Gasteiger partial charge in [-0.3, -0.25) is 9.59 Å². The Kier molecular flexibility index (Phi) is 4.18. The number of aryl methyl sites for hydroxylation is 2. The van der Waals surface area contributed by atoms with Gasteiger partial charge in [0.15, 0.2) is 0 Å². The minimum atomic E-state index is -0.554. The zero-order valence-corrected chi connectivity index (χ0v) is 19.6. The van der Waals surface area contributed by atoms with Crippen molar-refractivity contribution in [2.24, 2.45) is 0 Å². The smallest absolute Gasteiger partial charge is 0.235 e. The minimum Gasteiger partial charge on any atom is -0.360 e. The van der Waals surface area contributed by atoms with Crippen molar-refractivity contribution in [1.82, 2.24) is 19.9 Å². The van der Waals surface area contributed by atoms with Gasteiger partial charge in [0.2, 0.25) is 11.6 Å². The number of hydrogen-bond donors (Lipinski definition) is 2. The van der Waals surface area contributed by atoms with Crippen LogP contribution in [0.4, 0.5) is 0 Å². The summed E-state index contributed by atoms with van der Waals surface area (Å²) in [5.41, 5.74) is 8.98. The van der Waals surface area contributed by atoms with Gasteiger partial charge in [-0.2, -0.15) is 0 Å². The van der Waals surface area contributed by atoms with E-state index in [-0.39, 0.29) is 11.1 Å². The molecule has 0 fully saturated rings. The molecule has 7 rings (SSSR count). The second kappa shape index (κ2) is 7.33. The number of hydrogen-bond acceptors (Lipinski definition) is 4. The van der Waals surface area contributed by atoms with Crippen molar-refractivity contribution in [1.29, 1.82) is 0 Å². The van der Waals surface area contributed by atoms with Gasteiger partial charge >= 0.3 is 0 Å². The summed E-state index contributed by atoms with van der Waals surface area (Å²) in [4.78, 5) is 42.4. The summed E-state index contributed by atoms with van der Waals surface area (Å²) in [6.45, 7) is 4.11. The maximum atomic E-state index is 12.9. The van der Waals surface area contributed by atoms with Gasteiger partial charge in [-0.25, -0.2) is 9.97 Å². The summed E-state index contributed by atoms with van der Waals surface area (Å²) in [7, 11) is 0. The van der Waals surface area contributed by atoms with E-state index in [1.54, 1.807) is 24.3 Å². The van der Waals surface area contributed by atoms with Crippen molar-refractivity contribution in [3.8, 4) is 33.9 Å². The number of carbonyl (C=O) groups is 2. The first-order chi connectivity index (χ1) is 17.5. The van der Waals surface area contributed by atoms with E-state index in [1.807, 2.05) is 36.7 Å². The number of fused-ring (bicyclic) bond motifs is 5. The van der Waals surface area contributed by atoms with Crippen molar-refractivity contribution >= 4 is 33.4 Å². The Morgan fingerprint density at radius 3 is 1.44 bits per heavy atom. The summed E-state index contributed by atoms with van der Waals surface area (Å²) in [6.07, 6.45) is 3.95. The average molecular weight is 469 g/mol. The van der Waals surface area contributed by atoms with Crippen LogP contribution in [0.3, 0.4) is 0 Å². The third-order valence-corrected chi connectivity index (χ3v) is 7.11. The van der Waals surface area contributed by atoms with Gasteiger partial charge in [0.1, 0.15) is 11.4 Å². The van der Waals surface area contributed by atoms with Crippen molar-refractivity contribution in [2.75, 3.05) is 0 Å². The van der Waals surface area contributed by atoms with E-state index < -0.39 is 11.6 Å². The molecule has 172 valence electrons. The second-order valence-corrected chi connectivity index (χ2v) is 9.24. The first-order valence-electron chi connectivity index (χ1n) is 11.8. The molecule has 0 saturated carbocycles. The Hall–Kier alpha value is -4.84. The second-order valence-electron chi connectivity index (χ2n) is 9.24. The quantitative estimate of drug-likeness (QED) is 0.286. The van der Waals surface area contributed by atoms with Gasteiger partial charge in [0, 0.05) is 34.3 Å². The summed E-state index contributed by atoms with van der Waals surface area (Å²) < 4.78 is 0. The molecular formula is C30H20N4O2. The van der Waals surface area contributed by atoms with Gasteiger partial charge in [-0.15, -0.1) is 0 Å². The highest BCUT2D eigenvalue weighted by atomic mass is 16.2. The van der Waals surface area contributed by atoms with Crippen LogP contribution in [0.15, 0.2) is 73.1 Å². The molecule has 0 atom stereocenters. The monoisotopic (exact) mass is 468 g/mol. The van der Waals surface area contributed by atoms with Crippen LogP contribution >= 0.6 is 0 Å². The van der Waals surface area contributed by atoms with Gasteiger partial charge in [0.25, 0.3) is 0 Å². The van der Waals surface area contributed by atoms with Crippen LogP contribution < -0.4 is 0 Å². The molecule has 0 radical (unpaired) electrons.